The van der Waals surface area contributed by atoms with Crippen LogP contribution in [0.4, 0.5) is 10.5 Å². The summed E-state index contributed by atoms with van der Waals surface area (Å²) in [5, 5.41) is 7.05. The van der Waals surface area contributed by atoms with Crippen LogP contribution in [0.2, 0.25) is 0 Å². The Bertz CT molecular complexity index is 1210. The lowest BCUT2D eigenvalue weighted by Gasteiger charge is -2.26. The third-order valence-corrected chi connectivity index (χ3v) is 6.79. The lowest BCUT2D eigenvalue weighted by atomic mass is 9.81. The number of rotatable bonds is 3. The second kappa shape index (κ2) is 8.03. The quantitative estimate of drug-likeness (QED) is 0.666. The molecule has 0 aliphatic carbocycles. The summed E-state index contributed by atoms with van der Waals surface area (Å²) in [7, 11) is 0. The predicted octanol–water partition coefficient (Wildman–Crippen LogP) is 3.55. The van der Waals surface area contributed by atoms with Crippen LogP contribution in [0.3, 0.4) is 0 Å². The van der Waals surface area contributed by atoms with Gasteiger partial charge in [-0.2, -0.15) is 4.98 Å². The molecule has 0 radical (unpaired) electrons. The average molecular weight is 446 g/mol. The molecule has 3 amide bonds. The van der Waals surface area contributed by atoms with Crippen LogP contribution < -0.4 is 5.32 Å². The van der Waals surface area contributed by atoms with Gasteiger partial charge in [-0.15, -0.1) is 0 Å². The van der Waals surface area contributed by atoms with Crippen molar-refractivity contribution in [3.8, 4) is 0 Å². The van der Waals surface area contributed by atoms with E-state index in [1.807, 2.05) is 67.3 Å². The van der Waals surface area contributed by atoms with Crippen molar-refractivity contribution >= 4 is 17.6 Å². The van der Waals surface area contributed by atoms with Crippen LogP contribution in [0, 0.1) is 26.7 Å². The minimum atomic E-state index is -0.579. The lowest BCUT2D eigenvalue weighted by molar-refractivity contribution is 0.0770. The van der Waals surface area contributed by atoms with Crippen molar-refractivity contribution in [2.75, 3.05) is 31.5 Å². The Morgan fingerprint density at radius 2 is 1.76 bits per heavy atom. The zero-order chi connectivity index (χ0) is 23.2. The monoisotopic (exact) mass is 445 g/mol. The van der Waals surface area contributed by atoms with E-state index in [-0.39, 0.29) is 17.9 Å². The van der Waals surface area contributed by atoms with Gasteiger partial charge in [-0.25, -0.2) is 4.79 Å². The maximum Gasteiger partial charge on any atom is 0.321 e. The highest BCUT2D eigenvalue weighted by Crippen LogP contribution is 2.45. The highest BCUT2D eigenvalue weighted by molar-refractivity contribution is 5.95. The highest BCUT2D eigenvalue weighted by atomic mass is 16.5. The first-order valence-electron chi connectivity index (χ1n) is 11.1. The second-order valence-electron chi connectivity index (χ2n) is 9.18. The van der Waals surface area contributed by atoms with Crippen molar-refractivity contribution in [3.63, 3.8) is 0 Å². The molecule has 0 spiro atoms. The molecule has 0 saturated carbocycles. The van der Waals surface area contributed by atoms with Gasteiger partial charge in [0.05, 0.1) is 5.41 Å². The van der Waals surface area contributed by atoms with Gasteiger partial charge in [-0.1, -0.05) is 35.5 Å². The van der Waals surface area contributed by atoms with Gasteiger partial charge >= 0.3 is 6.03 Å². The fraction of sp³-hybridized carbons (Fsp3) is 0.360. The van der Waals surface area contributed by atoms with Crippen molar-refractivity contribution in [2.24, 2.45) is 5.92 Å². The number of likely N-dealkylation sites (tertiary alicyclic amines) is 2. The standard InChI is InChI=1S/C25H27N5O3/c1-16-9-10-17(2)21(11-16)27-24(32)30-13-20-12-29(22(31)19-7-5-4-6-8-19)14-25(20,15-30)23-26-18(3)28-33-23/h4-11,20H,12-15H2,1-3H3,(H,27,32)/t20-,25-/m1/s1. The fourth-order valence-corrected chi connectivity index (χ4v) is 5.00. The van der Waals surface area contributed by atoms with Crippen LogP contribution in [0.25, 0.3) is 0 Å². The number of amides is 3. The number of aromatic nitrogens is 2. The van der Waals surface area contributed by atoms with Gasteiger partial charge in [0.2, 0.25) is 5.89 Å². The first kappa shape index (κ1) is 21.2. The predicted molar refractivity (Wildman–Crippen MR) is 123 cm³/mol. The molecular formula is C25H27N5O3. The minimum absolute atomic E-state index is 0.00867. The van der Waals surface area contributed by atoms with Gasteiger partial charge in [-0.05, 0) is 50.1 Å². The second-order valence-corrected chi connectivity index (χ2v) is 9.18. The number of anilines is 1. The van der Waals surface area contributed by atoms with E-state index < -0.39 is 5.41 Å². The zero-order valence-corrected chi connectivity index (χ0v) is 19.0. The molecule has 3 heterocycles. The van der Waals surface area contributed by atoms with Gasteiger partial charge in [0, 0.05) is 43.3 Å². The third-order valence-electron chi connectivity index (χ3n) is 6.79. The summed E-state index contributed by atoms with van der Waals surface area (Å²) in [6.45, 7) is 7.64. The first-order valence-corrected chi connectivity index (χ1v) is 11.1. The molecule has 0 bridgehead atoms. The van der Waals surface area contributed by atoms with E-state index in [0.717, 1.165) is 16.8 Å². The summed E-state index contributed by atoms with van der Waals surface area (Å²) in [6, 6.07) is 15.1. The Morgan fingerprint density at radius 1 is 1.03 bits per heavy atom. The molecule has 2 aliphatic rings. The Morgan fingerprint density at radius 3 is 2.48 bits per heavy atom. The molecule has 2 saturated heterocycles. The maximum atomic E-state index is 13.2. The van der Waals surface area contributed by atoms with Crippen LogP contribution in [-0.4, -0.2) is 58.1 Å². The average Bonchev–Trinajstić information content (AvgIpc) is 3.49. The number of hydrogen-bond acceptors (Lipinski definition) is 5. The Labute approximate surface area is 192 Å². The summed E-state index contributed by atoms with van der Waals surface area (Å²) in [6.07, 6.45) is 0. The van der Waals surface area contributed by atoms with Crippen molar-refractivity contribution in [2.45, 2.75) is 26.2 Å². The van der Waals surface area contributed by atoms with Gasteiger partial charge in [0.1, 0.15) is 0 Å². The van der Waals surface area contributed by atoms with E-state index in [1.165, 1.54) is 0 Å². The number of fused-ring (bicyclic) bond motifs is 1. The molecule has 8 heteroatoms. The molecule has 33 heavy (non-hydrogen) atoms. The topological polar surface area (TPSA) is 91.6 Å². The SMILES string of the molecule is Cc1ccc(C)c(NC(=O)N2C[C@H]3CN(C(=O)c4ccccc4)C[C@@]3(c3nc(C)no3)C2)c1. The van der Waals surface area contributed by atoms with Crippen molar-refractivity contribution in [1.29, 1.82) is 0 Å². The molecule has 5 rings (SSSR count). The molecule has 0 unspecified atom stereocenters. The number of nitrogens with zero attached hydrogens (tertiary/aromatic N) is 4. The zero-order valence-electron chi connectivity index (χ0n) is 19.0. The number of carbonyl (C=O) groups excluding carboxylic acids is 2. The summed E-state index contributed by atoms with van der Waals surface area (Å²) in [5.74, 6) is 1.03. The van der Waals surface area contributed by atoms with E-state index in [4.69, 9.17) is 4.52 Å². The van der Waals surface area contributed by atoms with Crippen molar-refractivity contribution in [1.82, 2.24) is 19.9 Å². The molecule has 1 aromatic heterocycles. The molecule has 2 aromatic carbocycles. The molecule has 170 valence electrons. The molecule has 2 atom stereocenters. The number of nitrogens with one attached hydrogen (secondary N) is 1. The Balaban J connectivity index is 1.40. The number of urea groups is 1. The molecular weight excluding hydrogens is 418 g/mol. The van der Waals surface area contributed by atoms with Crippen LogP contribution in [0.15, 0.2) is 53.1 Å². The van der Waals surface area contributed by atoms with E-state index in [1.54, 1.807) is 11.8 Å². The van der Waals surface area contributed by atoms with Gasteiger partial charge in [0.25, 0.3) is 5.91 Å². The largest absolute Gasteiger partial charge is 0.339 e. The number of aryl methyl sites for hydroxylation is 3. The summed E-state index contributed by atoms with van der Waals surface area (Å²) >= 11 is 0. The van der Waals surface area contributed by atoms with Crippen LogP contribution in [-0.2, 0) is 5.41 Å². The normalized spacial score (nSPS) is 21.8. The van der Waals surface area contributed by atoms with Crippen LogP contribution >= 0.6 is 0 Å². The van der Waals surface area contributed by atoms with Gasteiger partial charge in [0.15, 0.2) is 5.82 Å². The van der Waals surface area contributed by atoms with Crippen molar-refractivity contribution < 1.29 is 14.1 Å². The lowest BCUT2D eigenvalue weighted by Crippen LogP contribution is -2.42. The number of carbonyl (C=O) groups is 2. The molecule has 2 aliphatic heterocycles. The maximum absolute atomic E-state index is 13.2. The Kier molecular flexibility index (Phi) is 5.15. The number of benzene rings is 2. The minimum Gasteiger partial charge on any atom is -0.339 e. The molecule has 8 nitrogen and oxygen atoms in total. The fourth-order valence-electron chi connectivity index (χ4n) is 5.00. The first-order chi connectivity index (χ1) is 15.9. The van der Waals surface area contributed by atoms with Gasteiger partial charge < -0.3 is 19.6 Å². The van der Waals surface area contributed by atoms with E-state index in [0.29, 0.717) is 43.5 Å². The smallest absolute Gasteiger partial charge is 0.321 e. The number of hydrogen-bond donors (Lipinski definition) is 1. The summed E-state index contributed by atoms with van der Waals surface area (Å²) < 4.78 is 5.61. The molecule has 1 N–H and O–H groups in total. The third kappa shape index (κ3) is 3.75. The van der Waals surface area contributed by atoms with Crippen molar-refractivity contribution in [3.05, 3.63) is 76.9 Å². The highest BCUT2D eigenvalue weighted by Gasteiger charge is 2.58. The van der Waals surface area contributed by atoms with E-state index in [2.05, 4.69) is 15.5 Å². The summed E-state index contributed by atoms with van der Waals surface area (Å²) in [4.78, 5) is 34.5. The van der Waals surface area contributed by atoms with E-state index >= 15 is 0 Å². The van der Waals surface area contributed by atoms with E-state index in [9.17, 15) is 9.59 Å². The van der Waals surface area contributed by atoms with Gasteiger partial charge in [-0.3, -0.25) is 4.79 Å². The Hall–Kier alpha value is -3.68. The van der Waals surface area contributed by atoms with Crippen LogP contribution in [0.1, 0.15) is 33.2 Å². The molecule has 2 fully saturated rings. The summed E-state index contributed by atoms with van der Waals surface area (Å²) in [5.41, 5.74) is 2.97. The van der Waals surface area contributed by atoms with Crippen LogP contribution in [0.5, 0.6) is 0 Å². The molecule has 3 aromatic rings.